The van der Waals surface area contributed by atoms with Crippen LogP contribution in [0.25, 0.3) is 0 Å². The van der Waals surface area contributed by atoms with E-state index in [1.54, 1.807) is 18.2 Å². The summed E-state index contributed by atoms with van der Waals surface area (Å²) in [4.78, 5) is 12.7. The zero-order valence-corrected chi connectivity index (χ0v) is 15.2. The lowest BCUT2D eigenvalue weighted by molar-refractivity contribution is -0.118. The Hall–Kier alpha value is -2.30. The van der Waals surface area contributed by atoms with Crippen molar-refractivity contribution in [3.05, 3.63) is 59.7 Å². The third-order valence-electron chi connectivity index (χ3n) is 4.05. The predicted octanol–water partition coefficient (Wildman–Crippen LogP) is 0.528. The Morgan fingerprint density at radius 1 is 1.04 bits per heavy atom. The second-order valence-corrected chi connectivity index (χ2v) is 7.82. The first-order valence-corrected chi connectivity index (χ1v) is 9.57. The maximum absolute atomic E-state index is 12.6. The van der Waals surface area contributed by atoms with E-state index < -0.39 is 22.2 Å². The fourth-order valence-electron chi connectivity index (χ4n) is 2.68. The summed E-state index contributed by atoms with van der Waals surface area (Å²) >= 11 is 0. The molecule has 1 saturated heterocycles. The van der Waals surface area contributed by atoms with Gasteiger partial charge in [-0.2, -0.15) is 10.3 Å². The van der Waals surface area contributed by atoms with Gasteiger partial charge in [0.05, 0.1) is 4.90 Å². The third-order valence-corrected chi connectivity index (χ3v) is 5.50. The molecule has 1 fully saturated rings. The van der Waals surface area contributed by atoms with E-state index >= 15 is 0 Å². The summed E-state index contributed by atoms with van der Waals surface area (Å²) in [5.41, 5.74) is 10.7. The molecule has 1 aliphatic rings. The molecular formula is C17H21N5O3S. The third kappa shape index (κ3) is 4.09. The summed E-state index contributed by atoms with van der Waals surface area (Å²) in [6.07, 6.45) is -0.856. The number of sulfonamides is 1. The van der Waals surface area contributed by atoms with Crippen molar-refractivity contribution in [3.63, 3.8) is 0 Å². The van der Waals surface area contributed by atoms with Crippen molar-refractivity contribution < 1.29 is 13.2 Å². The van der Waals surface area contributed by atoms with Crippen molar-refractivity contribution >= 4 is 21.6 Å². The van der Waals surface area contributed by atoms with Crippen LogP contribution < -0.4 is 26.4 Å². The maximum atomic E-state index is 12.6. The average Bonchev–Trinajstić information content (AvgIpc) is 3.05. The molecule has 2 atom stereocenters. The van der Waals surface area contributed by atoms with E-state index in [0.29, 0.717) is 5.69 Å². The Balaban J connectivity index is 1.72. The molecule has 0 aliphatic carbocycles. The number of rotatable bonds is 5. The van der Waals surface area contributed by atoms with Crippen molar-refractivity contribution in [2.45, 2.75) is 31.0 Å². The Kier molecular flexibility index (Phi) is 5.35. The van der Waals surface area contributed by atoms with Crippen LogP contribution in [0.3, 0.4) is 0 Å². The van der Waals surface area contributed by atoms with Gasteiger partial charge in [-0.05, 0) is 37.6 Å². The zero-order valence-electron chi connectivity index (χ0n) is 14.4. The second-order valence-electron chi connectivity index (χ2n) is 6.11. The summed E-state index contributed by atoms with van der Waals surface area (Å²) in [6, 6.07) is 12.8. The topological polar surface area (TPSA) is 111 Å². The van der Waals surface area contributed by atoms with E-state index in [4.69, 9.17) is 0 Å². The van der Waals surface area contributed by atoms with Gasteiger partial charge in [0.15, 0.2) is 0 Å². The minimum Gasteiger partial charge on any atom is -0.324 e. The fourth-order valence-corrected chi connectivity index (χ4v) is 3.86. The quantitative estimate of drug-likeness (QED) is 0.521. The van der Waals surface area contributed by atoms with E-state index in [2.05, 4.69) is 26.4 Å². The normalized spacial score (nSPS) is 20.1. The van der Waals surface area contributed by atoms with Crippen LogP contribution in [0.2, 0.25) is 0 Å². The first kappa shape index (κ1) is 18.5. The van der Waals surface area contributed by atoms with Crippen LogP contribution in [-0.4, -0.2) is 26.5 Å². The number of nitrogens with one attached hydrogen (secondary N) is 5. The van der Waals surface area contributed by atoms with Gasteiger partial charge in [0, 0.05) is 5.69 Å². The lowest BCUT2D eigenvalue weighted by atomic mass is 10.1. The number of carbonyl (C=O) groups is 1. The zero-order chi connectivity index (χ0) is 18.7. The molecule has 8 nitrogen and oxygen atoms in total. The van der Waals surface area contributed by atoms with Crippen molar-refractivity contribution in [2.75, 3.05) is 5.32 Å². The van der Waals surface area contributed by atoms with Gasteiger partial charge in [-0.25, -0.2) is 19.3 Å². The van der Waals surface area contributed by atoms with Gasteiger partial charge in [0.1, 0.15) is 12.2 Å². The van der Waals surface area contributed by atoms with E-state index in [0.717, 1.165) is 11.1 Å². The number of hydrogen-bond acceptors (Lipinski definition) is 6. The van der Waals surface area contributed by atoms with Gasteiger partial charge in [-0.1, -0.05) is 35.9 Å². The van der Waals surface area contributed by atoms with Gasteiger partial charge in [-0.3, -0.25) is 4.79 Å². The number of benzene rings is 2. The predicted molar refractivity (Wildman–Crippen MR) is 98.3 cm³/mol. The maximum Gasteiger partial charge on any atom is 0.246 e. The molecule has 0 bridgehead atoms. The Morgan fingerprint density at radius 3 is 2.46 bits per heavy atom. The lowest BCUT2D eigenvalue weighted by Crippen LogP contribution is -2.53. The standard InChI is InChI=1S/C17H21N5O3S/c1-11-8-9-14(12(2)10-11)18-17(23)15-16(20-22-19-15)21-26(24,25)13-6-4-3-5-7-13/h3-10,15-16,19-22H,1-2H3,(H,18,23). The molecule has 0 saturated carbocycles. The van der Waals surface area contributed by atoms with E-state index in [-0.39, 0.29) is 10.8 Å². The van der Waals surface area contributed by atoms with E-state index in [9.17, 15) is 13.2 Å². The Labute approximate surface area is 152 Å². The van der Waals surface area contributed by atoms with Crippen molar-refractivity contribution in [2.24, 2.45) is 0 Å². The average molecular weight is 375 g/mol. The van der Waals surface area contributed by atoms with Crippen LogP contribution in [0.15, 0.2) is 53.4 Å². The van der Waals surface area contributed by atoms with Crippen LogP contribution in [0.4, 0.5) is 5.69 Å². The van der Waals surface area contributed by atoms with Gasteiger partial charge < -0.3 is 5.32 Å². The summed E-state index contributed by atoms with van der Waals surface area (Å²) in [5.74, 6) is -0.366. The number of carbonyl (C=O) groups excluding carboxylic acids is 1. The largest absolute Gasteiger partial charge is 0.324 e. The highest BCUT2D eigenvalue weighted by Crippen LogP contribution is 2.17. The number of hydrazine groups is 2. The number of aryl methyl sites for hydroxylation is 2. The second kappa shape index (κ2) is 7.52. The molecule has 2 aromatic rings. The van der Waals surface area contributed by atoms with Crippen molar-refractivity contribution in [1.82, 2.24) is 21.1 Å². The summed E-state index contributed by atoms with van der Waals surface area (Å²) in [6.45, 7) is 3.87. The van der Waals surface area contributed by atoms with Gasteiger partial charge in [0.2, 0.25) is 15.9 Å². The molecule has 9 heteroatoms. The molecule has 1 heterocycles. The molecule has 2 unspecified atom stereocenters. The molecule has 5 N–H and O–H groups in total. The first-order chi connectivity index (χ1) is 12.4. The number of hydrogen-bond donors (Lipinski definition) is 5. The highest BCUT2D eigenvalue weighted by molar-refractivity contribution is 7.89. The van der Waals surface area contributed by atoms with E-state index in [1.165, 1.54) is 12.1 Å². The smallest absolute Gasteiger partial charge is 0.246 e. The van der Waals surface area contributed by atoms with Crippen LogP contribution in [0.1, 0.15) is 11.1 Å². The van der Waals surface area contributed by atoms with Crippen LogP contribution in [0.5, 0.6) is 0 Å². The monoisotopic (exact) mass is 375 g/mol. The Bertz CT molecular complexity index is 902. The molecule has 1 amide bonds. The molecule has 0 radical (unpaired) electrons. The molecule has 26 heavy (non-hydrogen) atoms. The summed E-state index contributed by atoms with van der Waals surface area (Å²) in [7, 11) is -3.77. The minimum absolute atomic E-state index is 0.127. The highest BCUT2D eigenvalue weighted by Gasteiger charge is 2.36. The van der Waals surface area contributed by atoms with Gasteiger partial charge >= 0.3 is 0 Å². The molecule has 3 rings (SSSR count). The summed E-state index contributed by atoms with van der Waals surface area (Å²) in [5, 5.41) is 2.82. The van der Waals surface area contributed by atoms with Crippen molar-refractivity contribution in [1.29, 1.82) is 0 Å². The molecule has 2 aromatic carbocycles. The van der Waals surface area contributed by atoms with Crippen molar-refractivity contribution in [3.8, 4) is 0 Å². The van der Waals surface area contributed by atoms with E-state index in [1.807, 2.05) is 32.0 Å². The molecular weight excluding hydrogens is 354 g/mol. The molecule has 1 aliphatic heterocycles. The fraction of sp³-hybridized carbons (Fsp3) is 0.235. The molecule has 0 spiro atoms. The van der Waals surface area contributed by atoms with Crippen LogP contribution >= 0.6 is 0 Å². The molecule has 0 aromatic heterocycles. The lowest BCUT2D eigenvalue weighted by Gasteiger charge is -2.19. The number of amides is 1. The summed E-state index contributed by atoms with van der Waals surface area (Å²) < 4.78 is 27.4. The van der Waals surface area contributed by atoms with Gasteiger partial charge in [0.25, 0.3) is 0 Å². The van der Waals surface area contributed by atoms with Crippen LogP contribution in [0, 0.1) is 13.8 Å². The first-order valence-electron chi connectivity index (χ1n) is 8.08. The Morgan fingerprint density at radius 2 is 1.77 bits per heavy atom. The van der Waals surface area contributed by atoms with Crippen LogP contribution in [-0.2, 0) is 14.8 Å². The SMILES string of the molecule is Cc1ccc(NC(=O)C2NNNC2NS(=O)(=O)c2ccccc2)c(C)c1. The highest BCUT2D eigenvalue weighted by atomic mass is 32.2. The molecule has 138 valence electrons. The minimum atomic E-state index is -3.77. The van der Waals surface area contributed by atoms with Gasteiger partial charge in [-0.15, -0.1) is 0 Å². The number of anilines is 1.